The molecule has 0 spiro atoms. The van der Waals surface area contributed by atoms with Crippen molar-refractivity contribution in [1.82, 2.24) is 4.90 Å². The predicted molar refractivity (Wildman–Crippen MR) is 96.8 cm³/mol. The van der Waals surface area contributed by atoms with Gasteiger partial charge in [-0.25, -0.2) is 0 Å². The molecule has 2 aromatic carbocycles. The summed E-state index contributed by atoms with van der Waals surface area (Å²) in [5, 5.41) is 0.447. The van der Waals surface area contributed by atoms with Crippen LogP contribution in [0.1, 0.15) is 26.3 Å². The molecule has 0 saturated carbocycles. The van der Waals surface area contributed by atoms with Gasteiger partial charge in [0.25, 0.3) is 11.8 Å². The molecule has 0 aromatic heterocycles. The van der Waals surface area contributed by atoms with E-state index in [4.69, 9.17) is 37.4 Å². The van der Waals surface area contributed by atoms with Crippen LogP contribution >= 0.6 is 23.2 Å². The second-order valence-corrected chi connectivity index (χ2v) is 6.36. The Hall–Kier alpha value is -2.44. The zero-order chi connectivity index (χ0) is 19.0. The molecule has 0 N–H and O–H groups in total. The van der Waals surface area contributed by atoms with E-state index in [2.05, 4.69) is 0 Å². The number of carbonyl (C=O) groups is 2. The van der Waals surface area contributed by atoms with Gasteiger partial charge in [0, 0.05) is 0 Å². The molecule has 0 unspecified atom stereocenters. The molecule has 136 valence electrons. The average Bonchev–Trinajstić information content (AvgIpc) is 2.85. The first-order chi connectivity index (χ1) is 12.4. The van der Waals surface area contributed by atoms with E-state index in [1.54, 1.807) is 12.1 Å². The first-order valence-electron chi connectivity index (χ1n) is 7.55. The first-order valence-corrected chi connectivity index (χ1v) is 8.31. The van der Waals surface area contributed by atoms with E-state index < -0.39 is 11.8 Å². The Bertz CT molecular complexity index is 847. The van der Waals surface area contributed by atoms with E-state index in [0.717, 1.165) is 4.90 Å². The van der Waals surface area contributed by atoms with Gasteiger partial charge in [-0.2, -0.15) is 0 Å². The summed E-state index contributed by atoms with van der Waals surface area (Å²) < 4.78 is 15.9. The number of halogens is 2. The summed E-state index contributed by atoms with van der Waals surface area (Å²) in [6.45, 7) is 0.0400. The molecule has 0 bridgehead atoms. The molecule has 2 aromatic rings. The van der Waals surface area contributed by atoms with E-state index >= 15 is 0 Å². The molecule has 8 heteroatoms. The van der Waals surface area contributed by atoms with Crippen LogP contribution in [0, 0.1) is 0 Å². The lowest BCUT2D eigenvalue weighted by Crippen LogP contribution is -2.29. The van der Waals surface area contributed by atoms with E-state index in [0.29, 0.717) is 22.8 Å². The van der Waals surface area contributed by atoms with E-state index in [1.165, 1.54) is 33.5 Å². The maximum absolute atomic E-state index is 12.6. The molecular weight excluding hydrogens is 381 g/mol. The molecule has 1 aliphatic heterocycles. The molecule has 2 amide bonds. The van der Waals surface area contributed by atoms with Gasteiger partial charge in [-0.1, -0.05) is 23.2 Å². The molecule has 6 nitrogen and oxygen atoms in total. The summed E-state index contributed by atoms with van der Waals surface area (Å²) in [4.78, 5) is 26.4. The van der Waals surface area contributed by atoms with Gasteiger partial charge in [0.15, 0.2) is 11.5 Å². The molecule has 0 atom stereocenters. The highest BCUT2D eigenvalue weighted by Gasteiger charge is 2.36. The number of ether oxygens (including phenoxy) is 3. The lowest BCUT2D eigenvalue weighted by molar-refractivity contribution is 0.0642. The minimum atomic E-state index is -0.433. The second kappa shape index (κ2) is 7.05. The van der Waals surface area contributed by atoms with Crippen LogP contribution in [0.25, 0.3) is 0 Å². The van der Waals surface area contributed by atoms with Crippen molar-refractivity contribution in [2.24, 2.45) is 0 Å². The Balaban J connectivity index is 1.97. The van der Waals surface area contributed by atoms with Gasteiger partial charge in [-0.05, 0) is 29.8 Å². The highest BCUT2D eigenvalue weighted by molar-refractivity contribution is 6.43. The third-order valence-electron chi connectivity index (χ3n) is 4.08. The SMILES string of the molecule is COc1cc(CN2C(=O)c3cc(Cl)c(Cl)cc3C2=O)cc(OC)c1OC. The molecule has 1 heterocycles. The number of nitrogens with zero attached hydrogens (tertiary/aromatic N) is 1. The molecule has 0 radical (unpaired) electrons. The fourth-order valence-corrected chi connectivity index (χ4v) is 3.16. The number of carbonyl (C=O) groups excluding carboxylic acids is 2. The van der Waals surface area contributed by atoms with Gasteiger partial charge in [0.1, 0.15) is 0 Å². The summed E-state index contributed by atoms with van der Waals surface area (Å²) >= 11 is 11.9. The number of hydrogen-bond donors (Lipinski definition) is 0. The van der Waals surface area contributed by atoms with Crippen LogP contribution in [0.2, 0.25) is 10.0 Å². The van der Waals surface area contributed by atoms with Crippen LogP contribution in [0.15, 0.2) is 24.3 Å². The molecule has 26 heavy (non-hydrogen) atoms. The fraction of sp³-hybridized carbons (Fsp3) is 0.222. The van der Waals surface area contributed by atoms with Crippen molar-refractivity contribution in [3.63, 3.8) is 0 Å². The maximum atomic E-state index is 12.6. The number of benzene rings is 2. The number of fused-ring (bicyclic) bond motifs is 1. The van der Waals surface area contributed by atoms with Gasteiger partial charge in [0.2, 0.25) is 5.75 Å². The number of hydrogen-bond acceptors (Lipinski definition) is 5. The number of methoxy groups -OCH3 is 3. The van der Waals surface area contributed by atoms with Crippen molar-refractivity contribution >= 4 is 35.0 Å². The van der Waals surface area contributed by atoms with Crippen LogP contribution < -0.4 is 14.2 Å². The van der Waals surface area contributed by atoms with E-state index in [-0.39, 0.29) is 27.7 Å². The lowest BCUT2D eigenvalue weighted by Gasteiger charge is -2.17. The van der Waals surface area contributed by atoms with Crippen molar-refractivity contribution in [2.75, 3.05) is 21.3 Å². The van der Waals surface area contributed by atoms with Crippen molar-refractivity contribution in [1.29, 1.82) is 0 Å². The van der Waals surface area contributed by atoms with Crippen LogP contribution in [0.3, 0.4) is 0 Å². The van der Waals surface area contributed by atoms with E-state index in [9.17, 15) is 9.59 Å². The third-order valence-corrected chi connectivity index (χ3v) is 4.80. The van der Waals surface area contributed by atoms with Crippen molar-refractivity contribution in [3.8, 4) is 17.2 Å². The summed E-state index contributed by atoms with van der Waals surface area (Å²) in [6, 6.07) is 6.19. The lowest BCUT2D eigenvalue weighted by atomic mass is 10.1. The van der Waals surface area contributed by atoms with Crippen LogP contribution in [-0.4, -0.2) is 38.0 Å². The standard InChI is InChI=1S/C18H15Cl2NO5/c1-24-14-4-9(5-15(25-2)16(14)26-3)8-21-17(22)10-6-12(19)13(20)7-11(10)18(21)23/h4-7H,8H2,1-3H3. The monoisotopic (exact) mass is 395 g/mol. The Morgan fingerprint density at radius 3 is 1.65 bits per heavy atom. The summed E-state index contributed by atoms with van der Waals surface area (Å²) in [5.41, 5.74) is 1.11. The Morgan fingerprint density at radius 2 is 1.27 bits per heavy atom. The highest BCUT2D eigenvalue weighted by atomic mass is 35.5. The van der Waals surface area contributed by atoms with Gasteiger partial charge < -0.3 is 14.2 Å². The largest absolute Gasteiger partial charge is 0.493 e. The van der Waals surface area contributed by atoms with Crippen LogP contribution in [0.4, 0.5) is 0 Å². The quantitative estimate of drug-likeness (QED) is 0.720. The fourth-order valence-electron chi connectivity index (χ4n) is 2.84. The summed E-state index contributed by atoms with van der Waals surface area (Å²) in [5.74, 6) is 0.434. The Kier molecular flexibility index (Phi) is 4.98. The average molecular weight is 396 g/mol. The van der Waals surface area contributed by atoms with Crippen LogP contribution in [0.5, 0.6) is 17.2 Å². The van der Waals surface area contributed by atoms with Gasteiger partial charge >= 0.3 is 0 Å². The van der Waals surface area contributed by atoms with E-state index in [1.807, 2.05) is 0 Å². The Morgan fingerprint density at radius 1 is 0.808 bits per heavy atom. The predicted octanol–water partition coefficient (Wildman–Crippen LogP) is 3.82. The topological polar surface area (TPSA) is 65.1 Å². The third kappa shape index (κ3) is 2.95. The van der Waals surface area contributed by atoms with Crippen LogP contribution in [-0.2, 0) is 6.54 Å². The zero-order valence-corrected chi connectivity index (χ0v) is 15.8. The zero-order valence-electron chi connectivity index (χ0n) is 14.3. The first kappa shape index (κ1) is 18.4. The number of rotatable bonds is 5. The van der Waals surface area contributed by atoms with Crippen molar-refractivity contribution in [3.05, 3.63) is 51.0 Å². The minimum absolute atomic E-state index is 0.0400. The summed E-state index contributed by atoms with van der Waals surface area (Å²) in [6.07, 6.45) is 0. The van der Waals surface area contributed by atoms with Gasteiger partial charge in [-0.3, -0.25) is 14.5 Å². The van der Waals surface area contributed by atoms with Gasteiger partial charge in [0.05, 0.1) is 49.0 Å². The van der Waals surface area contributed by atoms with Crippen molar-refractivity contribution in [2.45, 2.75) is 6.54 Å². The molecule has 0 saturated heterocycles. The second-order valence-electron chi connectivity index (χ2n) is 5.54. The molecular formula is C18H15Cl2NO5. The van der Waals surface area contributed by atoms with Gasteiger partial charge in [-0.15, -0.1) is 0 Å². The van der Waals surface area contributed by atoms with Crippen molar-refractivity contribution < 1.29 is 23.8 Å². The summed E-state index contributed by atoms with van der Waals surface area (Å²) in [7, 11) is 4.48. The maximum Gasteiger partial charge on any atom is 0.261 e. The number of imide groups is 1. The number of amides is 2. The Labute approximate surface area is 160 Å². The minimum Gasteiger partial charge on any atom is -0.493 e. The molecule has 0 fully saturated rings. The normalized spacial score (nSPS) is 13.0. The highest BCUT2D eigenvalue weighted by Crippen LogP contribution is 2.39. The molecule has 3 rings (SSSR count). The molecule has 0 aliphatic carbocycles. The molecule has 1 aliphatic rings. The smallest absolute Gasteiger partial charge is 0.261 e.